The van der Waals surface area contributed by atoms with E-state index in [-0.39, 0.29) is 34.1 Å². The molecule has 4 aromatic carbocycles. The highest BCUT2D eigenvalue weighted by molar-refractivity contribution is 8.13. The topological polar surface area (TPSA) is 476 Å². The second kappa shape index (κ2) is 40.6. The first-order valence-corrected chi connectivity index (χ1v) is 39.4. The Hall–Kier alpha value is -10.1. The average Bonchev–Trinajstić information content (AvgIpc) is 1.61. The van der Waals surface area contributed by atoms with E-state index >= 15 is 0 Å². The molecule has 6 heterocycles. The zero-order valence-corrected chi connectivity index (χ0v) is 64.9. The number of benzene rings is 4. The molecule has 8 N–H and O–H groups in total. The summed E-state index contributed by atoms with van der Waals surface area (Å²) in [5.74, 6) is 4.32. The molecule has 0 bridgehead atoms. The Morgan fingerprint density at radius 3 is 1.21 bits per heavy atom. The second-order valence-electron chi connectivity index (χ2n) is 24.9. The van der Waals surface area contributed by atoms with Crippen molar-refractivity contribution in [2.75, 3.05) is 47.0 Å². The molecule has 0 saturated heterocycles. The second-order valence-corrected chi connectivity index (χ2v) is 32.1. The van der Waals surface area contributed by atoms with Crippen LogP contribution in [0.5, 0.6) is 23.0 Å². The number of primary sulfonamides is 2. The smallest absolute Gasteiger partial charge is 0.390 e. The lowest BCUT2D eigenvalue weighted by Gasteiger charge is -2.16. The molecule has 1 aliphatic rings. The van der Waals surface area contributed by atoms with E-state index in [4.69, 9.17) is 49.8 Å². The van der Waals surface area contributed by atoms with Gasteiger partial charge in [-0.05, 0) is 184 Å². The first-order valence-electron chi connectivity index (χ1n) is 32.2. The van der Waals surface area contributed by atoms with Crippen LogP contribution in [-0.2, 0) is 69.6 Å². The van der Waals surface area contributed by atoms with Crippen LogP contribution in [0.1, 0.15) is 110 Å². The van der Waals surface area contributed by atoms with Crippen molar-refractivity contribution in [3.63, 3.8) is 0 Å². The number of nitro groups is 2. The first kappa shape index (κ1) is 89.3. The molecule has 107 heavy (non-hydrogen) atoms. The number of hydrogen-bond donors (Lipinski definition) is 5. The third kappa shape index (κ3) is 31.1. The van der Waals surface area contributed by atoms with Crippen molar-refractivity contribution in [3.05, 3.63) is 210 Å². The van der Waals surface area contributed by atoms with E-state index in [0.717, 1.165) is 94.0 Å². The molecule has 1 aliphatic carbocycles. The van der Waals surface area contributed by atoms with Gasteiger partial charge in [-0.3, -0.25) is 23.3 Å². The van der Waals surface area contributed by atoms with Gasteiger partial charge in [0.25, 0.3) is 39.2 Å². The van der Waals surface area contributed by atoms with Crippen molar-refractivity contribution in [1.29, 1.82) is 0 Å². The summed E-state index contributed by atoms with van der Waals surface area (Å²) >= 11 is 0. The van der Waals surface area contributed by atoms with Gasteiger partial charge in [-0.15, -0.1) is 5.10 Å². The number of hydrogen-bond acceptors (Lipinski definition) is 24. The van der Waals surface area contributed by atoms with Crippen LogP contribution in [0.2, 0.25) is 0 Å². The van der Waals surface area contributed by atoms with Crippen molar-refractivity contribution in [2.24, 2.45) is 21.6 Å². The summed E-state index contributed by atoms with van der Waals surface area (Å²) < 4.78 is 119. The van der Waals surface area contributed by atoms with E-state index < -0.39 is 49.1 Å². The van der Waals surface area contributed by atoms with Crippen LogP contribution in [0.4, 0.5) is 17.5 Å². The maximum Gasteiger partial charge on any atom is 0.390 e. The van der Waals surface area contributed by atoms with Crippen molar-refractivity contribution < 1.29 is 66.6 Å². The van der Waals surface area contributed by atoms with Gasteiger partial charge < -0.3 is 44.9 Å². The minimum absolute atomic E-state index is 0. The predicted octanol–water partition coefficient (Wildman–Crippen LogP) is 10.3. The Labute approximate surface area is 627 Å². The van der Waals surface area contributed by atoms with Gasteiger partial charge in [0, 0.05) is 39.5 Å². The molecule has 1 unspecified atom stereocenters. The SMILES string of the molecule is C.CC1(C)CCC(CCCOS(C)(=O)=O)C1.COc1ccc(Cn2nc(N)cc2C)cc1.COc1ccc(Cn2nc(S(=O)(=O)Cl)cc2C)cc1.COc1ccc(Cn2nc(S(N)(=O)=O)cc2C)cc1.COc1ccc(Cn2nc([N+](=O)[O-])cc2C)cc1.Cc1cc(S(N)(=O)=O)n[nH]1.Cc1cc([N+](=O)[O-])[nH]n1. The summed E-state index contributed by atoms with van der Waals surface area (Å²) in [6.07, 6.45) is 6.90. The normalized spacial score (nSPS) is 12.9. The molecule has 10 aromatic rings. The van der Waals surface area contributed by atoms with Gasteiger partial charge in [-0.1, -0.05) is 74.9 Å². The molecule has 0 amide bonds. The van der Waals surface area contributed by atoms with E-state index in [2.05, 4.69) is 54.6 Å². The molecule has 0 radical (unpaired) electrons. The van der Waals surface area contributed by atoms with Gasteiger partial charge in [0.2, 0.25) is 0 Å². The number of H-pyrrole nitrogens is 2. The maximum absolute atomic E-state index is 11.2. The van der Waals surface area contributed by atoms with Crippen molar-refractivity contribution in [2.45, 2.75) is 136 Å². The van der Waals surface area contributed by atoms with Crippen LogP contribution in [0, 0.1) is 73.1 Å². The summed E-state index contributed by atoms with van der Waals surface area (Å²) in [5, 5.41) is 57.9. The quantitative estimate of drug-likeness (QED) is 0.0138. The number of nitrogens with one attached hydrogen (secondary N) is 2. The van der Waals surface area contributed by atoms with E-state index in [0.29, 0.717) is 48.9 Å². The van der Waals surface area contributed by atoms with Gasteiger partial charge in [0.05, 0.1) is 96.1 Å². The van der Waals surface area contributed by atoms with Gasteiger partial charge in [0.1, 0.15) is 28.8 Å². The third-order valence-corrected chi connectivity index (χ3v) is 18.9. The number of nitrogens with two attached hydrogens (primary N) is 3. The lowest BCUT2D eigenvalue weighted by Crippen LogP contribution is -2.13. The monoisotopic (exact) mass is 1580 g/mol. The Bertz CT molecular complexity index is 4820. The van der Waals surface area contributed by atoms with Gasteiger partial charge in [0.15, 0.2) is 15.1 Å². The highest BCUT2D eigenvalue weighted by atomic mass is 35.7. The molecule has 0 aliphatic heterocycles. The summed E-state index contributed by atoms with van der Waals surface area (Å²) in [6, 6.07) is 39.4. The first-order chi connectivity index (χ1) is 49.6. The fourth-order valence-corrected chi connectivity index (χ4v) is 12.3. The maximum atomic E-state index is 11.2. The number of aryl methyl sites for hydroxylation is 6. The van der Waals surface area contributed by atoms with Crippen LogP contribution in [0.25, 0.3) is 0 Å². The fraction of sp³-hybridized carbons (Fsp3) is 0.382. The highest BCUT2D eigenvalue weighted by Gasteiger charge is 2.30. The van der Waals surface area contributed by atoms with Crippen molar-refractivity contribution >= 4 is 67.4 Å². The van der Waals surface area contributed by atoms with Crippen LogP contribution in [0.3, 0.4) is 0 Å². The van der Waals surface area contributed by atoms with E-state index in [1.54, 1.807) is 77.1 Å². The predicted molar refractivity (Wildman–Crippen MR) is 404 cm³/mol. The Balaban J connectivity index is 0.000000267. The number of anilines is 1. The summed E-state index contributed by atoms with van der Waals surface area (Å²) in [4.78, 5) is 19.6. The molecule has 34 nitrogen and oxygen atoms in total. The van der Waals surface area contributed by atoms with Gasteiger partial charge >= 0.3 is 11.6 Å². The number of nitrogen functional groups attached to an aromatic ring is 1. The molecule has 6 aromatic heterocycles. The minimum Gasteiger partial charge on any atom is -0.497 e. The van der Waals surface area contributed by atoms with Gasteiger partial charge in [-0.2, -0.15) is 33.5 Å². The number of halogens is 1. The molecule has 1 fully saturated rings. The zero-order chi connectivity index (χ0) is 78.9. The van der Waals surface area contributed by atoms with Crippen LogP contribution in [-0.4, -0.2) is 144 Å². The lowest BCUT2D eigenvalue weighted by molar-refractivity contribution is -0.389. The largest absolute Gasteiger partial charge is 0.497 e. The summed E-state index contributed by atoms with van der Waals surface area (Å²) in [5.41, 5.74) is 14.9. The fourth-order valence-electron chi connectivity index (χ4n) is 10.0. The summed E-state index contributed by atoms with van der Waals surface area (Å²) in [7, 11) is -2.68. The Morgan fingerprint density at radius 1 is 0.542 bits per heavy atom. The number of nitrogens with zero attached hydrogens (tertiary/aromatic N) is 12. The molecule has 1 atom stereocenters. The molecule has 584 valence electrons. The minimum atomic E-state index is -3.79. The summed E-state index contributed by atoms with van der Waals surface area (Å²) in [6.45, 7) is 17.9. The van der Waals surface area contributed by atoms with Crippen LogP contribution < -0.4 is 35.0 Å². The lowest BCUT2D eigenvalue weighted by atomic mass is 9.89. The van der Waals surface area contributed by atoms with Crippen molar-refractivity contribution in [3.8, 4) is 23.0 Å². The average molecular weight is 1590 g/mol. The highest BCUT2D eigenvalue weighted by Crippen LogP contribution is 2.42. The van der Waals surface area contributed by atoms with Crippen LogP contribution >= 0.6 is 10.7 Å². The standard InChI is InChI=1S/C12H13ClN2O3S.C12H15N3O3S.C12H13N3O3.C12H15N3O.C11H22O3S.C4H7N3O2S.C4H5N3O2.CH4/c2*1-9-7-12(19(13,16)17)14-15(9)8-10-3-5-11(18-2)6-4-10;1-9-7-12(15(16)17)13-14(9)8-10-3-5-11(18-2)6-4-10;1-9-7-12(13)14-15(9)8-10-3-5-11(16-2)6-4-10;1-11(2)7-6-10(9-11)5-4-8-14-15(3,12)13;1-3-2-4(7-6-3)10(5,8)9;1-3-2-4(6-5-3)7(8)9;/h3-7H,8H2,1-2H3;3-7H,8H2,1-2H3,(H2,13,16,17);3-7H,8H2,1-2H3;3-7H,8H2,1-2H3,(H2,13,14);10H,4-9H2,1-3H3;2H,1H3,(H,6,7)(H2,5,8,9);2H,1H3,(H,5,6);1H4. The Kier molecular flexibility index (Phi) is 33.9. The zero-order valence-electron chi connectivity index (χ0n) is 60.9. The van der Waals surface area contributed by atoms with E-state index in [1.165, 1.54) is 55.2 Å². The van der Waals surface area contributed by atoms with Gasteiger partial charge in [-0.25, -0.2) is 35.5 Å². The molecule has 39 heteroatoms. The number of rotatable bonds is 22. The molecular weight excluding hydrogens is 1490 g/mol. The van der Waals surface area contributed by atoms with Crippen LogP contribution in [0.15, 0.2) is 149 Å². The van der Waals surface area contributed by atoms with E-state index in [1.807, 2.05) is 115 Å². The van der Waals surface area contributed by atoms with Crippen molar-refractivity contribution in [1.82, 2.24) is 59.5 Å². The molecular formula is C68H94ClN17O17S4. The number of aromatic amines is 2. The molecule has 0 spiro atoms. The van der Waals surface area contributed by atoms with E-state index in [9.17, 15) is 53.9 Å². The number of ether oxygens (including phenoxy) is 4. The number of sulfonamides is 2. The Morgan fingerprint density at radius 2 is 0.935 bits per heavy atom. The molecule has 11 rings (SSSR count). The number of methoxy groups -OCH3 is 4. The third-order valence-electron chi connectivity index (χ3n) is 15.6. The molecule has 1 saturated carbocycles. The number of aromatic nitrogens is 12.